The Bertz CT molecular complexity index is 166. The van der Waals surface area contributed by atoms with Gasteiger partial charge < -0.3 is 4.74 Å². The molecule has 1 saturated heterocycles. The molecule has 0 radical (unpaired) electrons. The largest absolute Gasteiger partial charge is 0.369 e. The Kier molecular flexibility index (Phi) is 0.883. The second-order valence-corrected chi connectivity index (χ2v) is 4.13. The Labute approximate surface area is 61.8 Å². The zero-order chi connectivity index (χ0) is 6.72. The first kappa shape index (κ1) is 5.59. The van der Waals surface area contributed by atoms with E-state index < -0.39 is 0 Å². The third kappa shape index (κ3) is 0.493. The van der Waals surface area contributed by atoms with Crippen LogP contribution >= 0.6 is 0 Å². The molecule has 0 aromatic carbocycles. The number of hydrogen-bond acceptors (Lipinski definition) is 1. The molecule has 1 heteroatoms. The molecule has 3 rings (SSSR count). The van der Waals surface area contributed by atoms with Crippen LogP contribution in [-0.4, -0.2) is 12.2 Å². The van der Waals surface area contributed by atoms with Gasteiger partial charge in [-0.05, 0) is 30.6 Å². The quantitative estimate of drug-likeness (QED) is 0.503. The molecule has 2 aliphatic carbocycles. The number of hydrogen-bond donors (Lipinski definition) is 0. The van der Waals surface area contributed by atoms with Crippen molar-refractivity contribution in [2.24, 2.45) is 17.8 Å². The summed E-state index contributed by atoms with van der Waals surface area (Å²) < 4.78 is 5.57. The first-order chi connectivity index (χ1) is 4.90. The third-order valence-corrected chi connectivity index (χ3v) is 3.76. The predicted octanol–water partition coefficient (Wildman–Crippen LogP) is 1.82. The van der Waals surface area contributed by atoms with Crippen LogP contribution in [0.1, 0.15) is 26.2 Å². The fourth-order valence-electron chi connectivity index (χ4n) is 3.20. The van der Waals surface area contributed by atoms with Crippen LogP contribution in [0.25, 0.3) is 0 Å². The van der Waals surface area contributed by atoms with Gasteiger partial charge in [0.2, 0.25) is 0 Å². The number of ether oxygens (including phenoxy) is 1. The normalized spacial score (nSPS) is 62.7. The molecule has 10 heavy (non-hydrogen) atoms. The van der Waals surface area contributed by atoms with Gasteiger partial charge in [-0.3, -0.25) is 0 Å². The standard InChI is InChI=1S/C9H14O/c1-2-5-3-6-4-7(5)9-8(6)10-9/h5-9H,2-4H2,1H3/t5-,6+,7+,8-,9+/m0/s1. The van der Waals surface area contributed by atoms with Gasteiger partial charge in [0.15, 0.2) is 0 Å². The molecule has 0 unspecified atom stereocenters. The molecule has 1 nitrogen and oxygen atoms in total. The Morgan fingerprint density at radius 1 is 1.30 bits per heavy atom. The van der Waals surface area contributed by atoms with E-state index in [0.717, 1.165) is 30.0 Å². The molecule has 56 valence electrons. The lowest BCUT2D eigenvalue weighted by atomic mass is 9.87. The molecule has 0 aromatic heterocycles. The predicted molar refractivity (Wildman–Crippen MR) is 38.7 cm³/mol. The maximum atomic E-state index is 5.57. The highest BCUT2D eigenvalue weighted by Gasteiger charge is 2.62. The van der Waals surface area contributed by atoms with Crippen molar-refractivity contribution < 1.29 is 4.74 Å². The molecule has 3 aliphatic rings. The van der Waals surface area contributed by atoms with Crippen LogP contribution in [0.15, 0.2) is 0 Å². The SMILES string of the molecule is CC[C@H]1C[C@@H]2C[C@H]1[C@H]1O[C@@H]21. The monoisotopic (exact) mass is 138 g/mol. The summed E-state index contributed by atoms with van der Waals surface area (Å²) >= 11 is 0. The maximum Gasteiger partial charge on any atom is 0.0875 e. The molecule has 2 bridgehead atoms. The van der Waals surface area contributed by atoms with Crippen LogP contribution in [0.5, 0.6) is 0 Å². The zero-order valence-corrected chi connectivity index (χ0v) is 6.42. The van der Waals surface area contributed by atoms with Crippen LogP contribution in [0.4, 0.5) is 0 Å². The van der Waals surface area contributed by atoms with Gasteiger partial charge in [0.25, 0.3) is 0 Å². The molecule has 0 spiro atoms. The van der Waals surface area contributed by atoms with E-state index in [4.69, 9.17) is 4.74 Å². The van der Waals surface area contributed by atoms with Crippen LogP contribution in [0.2, 0.25) is 0 Å². The van der Waals surface area contributed by atoms with Crippen LogP contribution in [0, 0.1) is 17.8 Å². The van der Waals surface area contributed by atoms with Gasteiger partial charge in [-0.1, -0.05) is 13.3 Å². The van der Waals surface area contributed by atoms with Crippen molar-refractivity contribution in [1.29, 1.82) is 0 Å². The molecule has 1 aliphatic heterocycles. The van der Waals surface area contributed by atoms with Gasteiger partial charge in [-0.2, -0.15) is 0 Å². The summed E-state index contributed by atoms with van der Waals surface area (Å²) in [5.41, 5.74) is 0. The summed E-state index contributed by atoms with van der Waals surface area (Å²) in [6.45, 7) is 2.32. The Hall–Kier alpha value is -0.0400. The molecule has 5 atom stereocenters. The minimum absolute atomic E-state index is 0.726. The first-order valence-corrected chi connectivity index (χ1v) is 4.55. The van der Waals surface area contributed by atoms with Crippen molar-refractivity contribution in [1.82, 2.24) is 0 Å². The molecular weight excluding hydrogens is 124 g/mol. The molecule has 1 heterocycles. The summed E-state index contributed by atoms with van der Waals surface area (Å²) in [6.07, 6.45) is 5.81. The fraction of sp³-hybridized carbons (Fsp3) is 1.00. The van der Waals surface area contributed by atoms with E-state index >= 15 is 0 Å². The lowest BCUT2D eigenvalue weighted by Gasteiger charge is -2.16. The van der Waals surface area contributed by atoms with Crippen molar-refractivity contribution in [3.05, 3.63) is 0 Å². The summed E-state index contributed by atoms with van der Waals surface area (Å²) in [6, 6.07) is 0. The minimum atomic E-state index is 0.726. The molecule has 0 N–H and O–H groups in total. The Morgan fingerprint density at radius 3 is 2.80 bits per heavy atom. The highest BCUT2D eigenvalue weighted by Crippen LogP contribution is 2.59. The lowest BCUT2D eigenvalue weighted by Crippen LogP contribution is -2.16. The summed E-state index contributed by atoms with van der Waals surface area (Å²) in [4.78, 5) is 0. The molecule has 0 amide bonds. The minimum Gasteiger partial charge on any atom is -0.369 e. The second-order valence-electron chi connectivity index (χ2n) is 4.13. The summed E-state index contributed by atoms with van der Waals surface area (Å²) in [7, 11) is 0. The summed E-state index contributed by atoms with van der Waals surface area (Å²) in [5.74, 6) is 2.97. The van der Waals surface area contributed by atoms with Gasteiger partial charge >= 0.3 is 0 Å². The highest BCUT2D eigenvalue weighted by molar-refractivity contribution is 5.10. The van der Waals surface area contributed by atoms with E-state index in [-0.39, 0.29) is 0 Å². The van der Waals surface area contributed by atoms with Crippen LogP contribution in [0.3, 0.4) is 0 Å². The van der Waals surface area contributed by atoms with Crippen LogP contribution in [-0.2, 0) is 4.74 Å². The highest BCUT2D eigenvalue weighted by atomic mass is 16.6. The molecular formula is C9H14O. The van der Waals surface area contributed by atoms with Crippen molar-refractivity contribution >= 4 is 0 Å². The zero-order valence-electron chi connectivity index (χ0n) is 6.42. The Morgan fingerprint density at radius 2 is 2.20 bits per heavy atom. The topological polar surface area (TPSA) is 12.5 Å². The van der Waals surface area contributed by atoms with Crippen molar-refractivity contribution in [3.8, 4) is 0 Å². The number of rotatable bonds is 1. The van der Waals surface area contributed by atoms with Gasteiger partial charge in [-0.15, -0.1) is 0 Å². The third-order valence-electron chi connectivity index (χ3n) is 3.76. The van der Waals surface area contributed by atoms with E-state index in [1.54, 1.807) is 0 Å². The van der Waals surface area contributed by atoms with Crippen molar-refractivity contribution in [2.75, 3.05) is 0 Å². The smallest absolute Gasteiger partial charge is 0.0875 e. The average Bonchev–Trinajstić information content (AvgIpc) is 2.58. The Balaban J connectivity index is 1.85. The van der Waals surface area contributed by atoms with E-state index in [2.05, 4.69) is 6.92 Å². The molecule has 0 aromatic rings. The van der Waals surface area contributed by atoms with Crippen molar-refractivity contribution in [2.45, 2.75) is 38.4 Å². The summed E-state index contributed by atoms with van der Waals surface area (Å²) in [5, 5.41) is 0. The number of fused-ring (bicyclic) bond motifs is 5. The van der Waals surface area contributed by atoms with Crippen molar-refractivity contribution in [3.63, 3.8) is 0 Å². The molecule has 2 saturated carbocycles. The second kappa shape index (κ2) is 1.58. The molecule has 3 fully saturated rings. The lowest BCUT2D eigenvalue weighted by molar-refractivity contribution is 0.249. The van der Waals surface area contributed by atoms with Gasteiger partial charge in [0, 0.05) is 0 Å². The first-order valence-electron chi connectivity index (χ1n) is 4.55. The van der Waals surface area contributed by atoms with Gasteiger partial charge in [0.1, 0.15) is 0 Å². The van der Waals surface area contributed by atoms with Crippen LogP contribution < -0.4 is 0 Å². The van der Waals surface area contributed by atoms with Gasteiger partial charge in [-0.25, -0.2) is 0 Å². The van der Waals surface area contributed by atoms with E-state index in [1.165, 1.54) is 19.3 Å². The fourth-order valence-corrected chi connectivity index (χ4v) is 3.20. The van der Waals surface area contributed by atoms with E-state index in [0.29, 0.717) is 0 Å². The maximum absolute atomic E-state index is 5.57. The van der Waals surface area contributed by atoms with E-state index in [9.17, 15) is 0 Å². The van der Waals surface area contributed by atoms with Gasteiger partial charge in [0.05, 0.1) is 12.2 Å². The average molecular weight is 138 g/mol. The number of epoxide rings is 1. The van der Waals surface area contributed by atoms with E-state index in [1.807, 2.05) is 0 Å².